The van der Waals surface area contributed by atoms with Gasteiger partial charge in [-0.25, -0.2) is 4.79 Å². The summed E-state index contributed by atoms with van der Waals surface area (Å²) < 4.78 is 4.94. The Hall–Kier alpha value is -2.04. The van der Waals surface area contributed by atoms with Crippen LogP contribution >= 0.6 is 23.2 Å². The van der Waals surface area contributed by atoms with Gasteiger partial charge in [0.15, 0.2) is 6.61 Å². The van der Waals surface area contributed by atoms with Gasteiger partial charge in [-0.1, -0.05) is 29.3 Å². The molecule has 6 heteroatoms. The van der Waals surface area contributed by atoms with Crippen LogP contribution in [0.4, 0.5) is 5.69 Å². The molecule has 4 nitrogen and oxygen atoms in total. The molecule has 22 heavy (non-hydrogen) atoms. The molecule has 2 aromatic carbocycles. The van der Waals surface area contributed by atoms with Crippen molar-refractivity contribution in [2.75, 3.05) is 11.9 Å². The normalized spacial score (nSPS) is 10.1. The smallest absolute Gasteiger partial charge is 0.338 e. The fraction of sp³-hybridized carbons (Fsp3) is 0.125. The second-order valence-corrected chi connectivity index (χ2v) is 5.44. The van der Waals surface area contributed by atoms with Crippen molar-refractivity contribution in [3.8, 4) is 0 Å². The molecule has 2 rings (SSSR count). The summed E-state index contributed by atoms with van der Waals surface area (Å²) in [5, 5.41) is 3.67. The van der Waals surface area contributed by atoms with Crippen LogP contribution in [0.1, 0.15) is 15.9 Å². The Kier molecular flexibility index (Phi) is 5.41. The molecule has 0 unspecified atom stereocenters. The van der Waals surface area contributed by atoms with E-state index in [0.717, 1.165) is 5.56 Å². The number of carbonyl (C=O) groups is 2. The number of benzene rings is 2. The van der Waals surface area contributed by atoms with Crippen LogP contribution in [-0.4, -0.2) is 18.5 Å². The number of ether oxygens (including phenoxy) is 1. The predicted molar refractivity (Wildman–Crippen MR) is 86.6 cm³/mol. The zero-order valence-corrected chi connectivity index (χ0v) is 13.2. The minimum Gasteiger partial charge on any atom is -0.452 e. The molecule has 0 radical (unpaired) electrons. The summed E-state index contributed by atoms with van der Waals surface area (Å²) in [5.74, 6) is -1.04. The van der Waals surface area contributed by atoms with Crippen LogP contribution in [0.5, 0.6) is 0 Å². The van der Waals surface area contributed by atoms with E-state index in [1.165, 1.54) is 6.07 Å². The second-order valence-electron chi connectivity index (χ2n) is 4.60. The van der Waals surface area contributed by atoms with Crippen molar-refractivity contribution in [3.05, 3.63) is 63.6 Å². The molecule has 2 aromatic rings. The Balaban J connectivity index is 1.90. The molecule has 0 bridgehead atoms. The van der Waals surface area contributed by atoms with Gasteiger partial charge in [0.25, 0.3) is 5.91 Å². The van der Waals surface area contributed by atoms with Crippen molar-refractivity contribution in [1.82, 2.24) is 0 Å². The van der Waals surface area contributed by atoms with Gasteiger partial charge in [-0.15, -0.1) is 0 Å². The van der Waals surface area contributed by atoms with Crippen LogP contribution in [0.3, 0.4) is 0 Å². The summed E-state index contributed by atoms with van der Waals surface area (Å²) in [7, 11) is 0. The molecular weight excluding hydrogens is 325 g/mol. The van der Waals surface area contributed by atoms with Crippen LogP contribution in [0.2, 0.25) is 10.0 Å². The molecule has 0 saturated carbocycles. The Morgan fingerprint density at radius 3 is 2.59 bits per heavy atom. The lowest BCUT2D eigenvalue weighted by Gasteiger charge is -2.08. The van der Waals surface area contributed by atoms with Gasteiger partial charge in [0.1, 0.15) is 0 Å². The molecular formula is C16H13Cl2NO3. The highest BCUT2D eigenvalue weighted by atomic mass is 35.5. The third-order valence-corrected chi connectivity index (χ3v) is 3.50. The van der Waals surface area contributed by atoms with Gasteiger partial charge in [0.05, 0.1) is 5.56 Å². The number of anilines is 1. The number of amides is 1. The van der Waals surface area contributed by atoms with Crippen LogP contribution in [-0.2, 0) is 9.53 Å². The third-order valence-electron chi connectivity index (χ3n) is 2.84. The molecule has 114 valence electrons. The topological polar surface area (TPSA) is 55.4 Å². The highest BCUT2D eigenvalue weighted by Crippen LogP contribution is 2.19. The van der Waals surface area contributed by atoms with Crippen molar-refractivity contribution in [3.63, 3.8) is 0 Å². The molecule has 1 amide bonds. The van der Waals surface area contributed by atoms with Gasteiger partial charge >= 0.3 is 5.97 Å². The number of carbonyl (C=O) groups excluding carboxylic acids is 2. The number of hydrogen-bond acceptors (Lipinski definition) is 3. The summed E-state index contributed by atoms with van der Waals surface area (Å²) in [4.78, 5) is 23.5. The first-order valence-electron chi connectivity index (χ1n) is 6.44. The summed E-state index contributed by atoms with van der Waals surface area (Å²) in [5.41, 5.74) is 1.73. The van der Waals surface area contributed by atoms with Gasteiger partial charge in [0, 0.05) is 15.7 Å². The third kappa shape index (κ3) is 4.48. The van der Waals surface area contributed by atoms with Crippen molar-refractivity contribution in [2.24, 2.45) is 0 Å². The van der Waals surface area contributed by atoms with Crippen molar-refractivity contribution >= 4 is 40.8 Å². The van der Waals surface area contributed by atoms with E-state index >= 15 is 0 Å². The van der Waals surface area contributed by atoms with E-state index in [1.807, 2.05) is 6.92 Å². The van der Waals surface area contributed by atoms with Crippen molar-refractivity contribution < 1.29 is 14.3 Å². The van der Waals surface area contributed by atoms with Gasteiger partial charge in [0.2, 0.25) is 0 Å². The summed E-state index contributed by atoms with van der Waals surface area (Å²) in [6.07, 6.45) is 0. The molecule has 0 atom stereocenters. The van der Waals surface area contributed by atoms with Crippen LogP contribution < -0.4 is 5.32 Å². The van der Waals surface area contributed by atoms with E-state index in [4.69, 9.17) is 27.9 Å². The average molecular weight is 338 g/mol. The Morgan fingerprint density at radius 1 is 1.14 bits per heavy atom. The maximum absolute atomic E-state index is 11.8. The summed E-state index contributed by atoms with van der Waals surface area (Å²) in [6, 6.07) is 11.4. The van der Waals surface area contributed by atoms with Crippen LogP contribution in [0.15, 0.2) is 42.5 Å². The number of esters is 1. The summed E-state index contributed by atoms with van der Waals surface area (Å²) >= 11 is 11.7. The predicted octanol–water partition coefficient (Wildman–Crippen LogP) is 4.10. The largest absolute Gasteiger partial charge is 0.452 e. The van der Waals surface area contributed by atoms with E-state index in [1.54, 1.807) is 36.4 Å². The SMILES string of the molecule is Cc1cc(NC(=O)COC(=O)c2cccc(Cl)c2)ccc1Cl. The molecule has 0 aliphatic rings. The van der Waals surface area contributed by atoms with E-state index < -0.39 is 11.9 Å². The number of nitrogens with one attached hydrogen (secondary N) is 1. The zero-order chi connectivity index (χ0) is 16.1. The molecule has 0 aliphatic carbocycles. The first-order valence-corrected chi connectivity index (χ1v) is 7.20. The Morgan fingerprint density at radius 2 is 1.91 bits per heavy atom. The van der Waals surface area contributed by atoms with Crippen molar-refractivity contribution in [2.45, 2.75) is 6.92 Å². The maximum atomic E-state index is 11.8. The lowest BCUT2D eigenvalue weighted by atomic mass is 10.2. The minimum absolute atomic E-state index is 0.294. The monoisotopic (exact) mass is 337 g/mol. The fourth-order valence-corrected chi connectivity index (χ4v) is 2.06. The van der Waals surface area contributed by atoms with E-state index in [0.29, 0.717) is 21.3 Å². The molecule has 0 saturated heterocycles. The second kappa shape index (κ2) is 7.29. The molecule has 0 spiro atoms. The highest BCUT2D eigenvalue weighted by Gasteiger charge is 2.11. The van der Waals surface area contributed by atoms with Gasteiger partial charge in [-0.3, -0.25) is 4.79 Å². The highest BCUT2D eigenvalue weighted by molar-refractivity contribution is 6.31. The van der Waals surface area contributed by atoms with Gasteiger partial charge in [-0.05, 0) is 48.9 Å². The average Bonchev–Trinajstić information content (AvgIpc) is 2.48. The first kappa shape index (κ1) is 16.3. The van der Waals surface area contributed by atoms with E-state index in [2.05, 4.69) is 5.32 Å². The maximum Gasteiger partial charge on any atom is 0.338 e. The quantitative estimate of drug-likeness (QED) is 0.854. The van der Waals surface area contributed by atoms with Crippen LogP contribution in [0.25, 0.3) is 0 Å². The Bertz CT molecular complexity index is 716. The first-order chi connectivity index (χ1) is 10.5. The molecule has 0 aromatic heterocycles. The summed E-state index contributed by atoms with van der Waals surface area (Å²) in [6.45, 7) is 1.45. The minimum atomic E-state index is -0.607. The molecule has 1 N–H and O–H groups in total. The standard InChI is InChI=1S/C16H13Cl2NO3/c1-10-7-13(5-6-14(10)18)19-15(20)9-22-16(21)11-3-2-4-12(17)8-11/h2-8H,9H2,1H3,(H,19,20). The molecule has 0 aliphatic heterocycles. The van der Waals surface area contributed by atoms with Crippen LogP contribution in [0, 0.1) is 6.92 Å². The lowest BCUT2D eigenvalue weighted by molar-refractivity contribution is -0.119. The van der Waals surface area contributed by atoms with Gasteiger partial charge < -0.3 is 10.1 Å². The zero-order valence-electron chi connectivity index (χ0n) is 11.7. The fourth-order valence-electron chi connectivity index (χ4n) is 1.75. The number of halogens is 2. The van der Waals surface area contributed by atoms with E-state index in [-0.39, 0.29) is 6.61 Å². The lowest BCUT2D eigenvalue weighted by Crippen LogP contribution is -2.21. The molecule has 0 fully saturated rings. The van der Waals surface area contributed by atoms with Gasteiger partial charge in [-0.2, -0.15) is 0 Å². The number of rotatable bonds is 4. The molecule has 0 heterocycles. The Labute approximate surface area is 138 Å². The van der Waals surface area contributed by atoms with Crippen molar-refractivity contribution in [1.29, 1.82) is 0 Å². The number of hydrogen-bond donors (Lipinski definition) is 1. The van der Waals surface area contributed by atoms with E-state index in [9.17, 15) is 9.59 Å². The number of aryl methyl sites for hydroxylation is 1.